The number of Topliss-reactive ketones (excluding diaryl/α,β-unsaturated/α-hetero) is 1. The average Bonchev–Trinajstić information content (AvgIpc) is 3.28. The zero-order valence-electron chi connectivity index (χ0n) is 23.8. The van der Waals surface area contributed by atoms with E-state index >= 15 is 0 Å². The van der Waals surface area contributed by atoms with Crippen LogP contribution in [0.5, 0.6) is 0 Å². The first-order valence-electron chi connectivity index (χ1n) is 14.8. The number of allylic oxidation sites excluding steroid dienone is 4. The Morgan fingerprint density at radius 3 is 2.80 bits per heavy atom. The fourth-order valence-electron chi connectivity index (χ4n) is 8.30. The van der Waals surface area contributed by atoms with Gasteiger partial charge in [-0.1, -0.05) is 51.7 Å². The first-order valence-corrected chi connectivity index (χ1v) is 15.6. The van der Waals surface area contributed by atoms with Gasteiger partial charge in [0.15, 0.2) is 23.5 Å². The minimum absolute atomic E-state index is 0.0188. The highest BCUT2D eigenvalue weighted by molar-refractivity contribution is 9.10. The number of carbonyl (C=O) groups excluding carboxylic acids is 2. The van der Waals surface area contributed by atoms with Gasteiger partial charge in [-0.3, -0.25) is 9.59 Å². The normalized spacial score (nSPS) is 38.2. The third-order valence-electron chi connectivity index (χ3n) is 10.5. The van der Waals surface area contributed by atoms with E-state index in [1.54, 1.807) is 18.3 Å². The molecular formula is C32H42BrNO6. The third kappa shape index (κ3) is 4.87. The number of nitrogens with zero attached hydrogens (tertiary/aromatic N) is 1. The van der Waals surface area contributed by atoms with Gasteiger partial charge in [0.25, 0.3) is 0 Å². The molecule has 7 nitrogen and oxygen atoms in total. The molecular weight excluding hydrogens is 574 g/mol. The van der Waals surface area contributed by atoms with Crippen molar-refractivity contribution in [2.24, 2.45) is 22.7 Å². The molecule has 1 aromatic heterocycles. The van der Waals surface area contributed by atoms with Crippen LogP contribution in [0.4, 0.5) is 0 Å². The van der Waals surface area contributed by atoms with E-state index in [-0.39, 0.29) is 22.9 Å². The lowest BCUT2D eigenvalue weighted by Crippen LogP contribution is -2.60. The molecule has 1 aliphatic heterocycles. The van der Waals surface area contributed by atoms with Gasteiger partial charge in [-0.2, -0.15) is 0 Å². The molecule has 8 atom stereocenters. The number of hydrogen-bond acceptors (Lipinski definition) is 7. The van der Waals surface area contributed by atoms with Crippen molar-refractivity contribution in [3.63, 3.8) is 0 Å². The molecule has 1 saturated heterocycles. The van der Waals surface area contributed by atoms with E-state index in [9.17, 15) is 19.8 Å². The van der Waals surface area contributed by atoms with Gasteiger partial charge in [-0.05, 0) is 84.7 Å². The molecule has 2 saturated carbocycles. The fraction of sp³-hybridized carbons (Fsp3) is 0.656. The minimum atomic E-state index is -1.33. The number of halogens is 1. The Morgan fingerprint density at radius 2 is 2.08 bits per heavy atom. The average molecular weight is 617 g/mol. The SMILES string of the molecule is CC[C@@H]1CCC2=CC(=O)C=CC2(C)[C@H]1C(O)CC[C@@]1(C)CCCC[C@H]2OC(c3cccnc3Br)O[C@]21C(=O)CO. The Bertz CT molecular complexity index is 1200. The number of ether oxygens (including phenoxy) is 2. The molecule has 3 fully saturated rings. The van der Waals surface area contributed by atoms with Crippen molar-refractivity contribution in [2.75, 3.05) is 6.61 Å². The summed E-state index contributed by atoms with van der Waals surface area (Å²) in [6.07, 6.45) is 12.2. The van der Waals surface area contributed by atoms with Crippen molar-refractivity contribution >= 4 is 27.5 Å². The second-order valence-corrected chi connectivity index (χ2v) is 13.4. The van der Waals surface area contributed by atoms with Crippen LogP contribution < -0.4 is 0 Å². The number of rotatable bonds is 8. The summed E-state index contributed by atoms with van der Waals surface area (Å²) in [5, 5.41) is 22.1. The van der Waals surface area contributed by atoms with Crippen LogP contribution in [0.3, 0.4) is 0 Å². The number of carbonyl (C=O) groups is 2. The Hall–Kier alpha value is -1.71. The van der Waals surface area contributed by atoms with Gasteiger partial charge in [0.1, 0.15) is 11.2 Å². The zero-order valence-corrected chi connectivity index (χ0v) is 25.4. The Kier molecular flexibility index (Phi) is 8.57. The molecule has 0 amide bonds. The molecule has 0 aromatic carbocycles. The molecule has 3 aliphatic carbocycles. The van der Waals surface area contributed by atoms with Crippen LogP contribution in [-0.2, 0) is 19.1 Å². The monoisotopic (exact) mass is 615 g/mol. The second kappa shape index (κ2) is 11.5. The van der Waals surface area contributed by atoms with Crippen molar-refractivity contribution in [2.45, 2.75) is 103 Å². The topological polar surface area (TPSA) is 106 Å². The highest BCUT2D eigenvalue weighted by Crippen LogP contribution is 2.58. The van der Waals surface area contributed by atoms with Crippen molar-refractivity contribution in [3.05, 3.63) is 52.3 Å². The fourth-order valence-corrected chi connectivity index (χ4v) is 8.74. The third-order valence-corrected chi connectivity index (χ3v) is 11.2. The van der Waals surface area contributed by atoms with Gasteiger partial charge >= 0.3 is 0 Å². The maximum Gasteiger partial charge on any atom is 0.193 e. The van der Waals surface area contributed by atoms with E-state index in [0.717, 1.165) is 44.1 Å². The van der Waals surface area contributed by atoms with Crippen LogP contribution in [0.1, 0.15) is 90.4 Å². The summed E-state index contributed by atoms with van der Waals surface area (Å²) in [5.74, 6) is -0.0494. The van der Waals surface area contributed by atoms with Gasteiger partial charge in [0, 0.05) is 28.5 Å². The maximum atomic E-state index is 13.7. The highest BCUT2D eigenvalue weighted by Gasteiger charge is 2.65. The lowest BCUT2D eigenvalue weighted by molar-refractivity contribution is -0.174. The summed E-state index contributed by atoms with van der Waals surface area (Å²) in [5.41, 5.74) is -0.545. The van der Waals surface area contributed by atoms with E-state index in [0.29, 0.717) is 35.3 Å². The molecule has 0 bridgehead atoms. The lowest BCUT2D eigenvalue weighted by Gasteiger charge is -2.50. The molecule has 1 aromatic rings. The number of aromatic nitrogens is 1. The van der Waals surface area contributed by atoms with Crippen LogP contribution in [0.2, 0.25) is 0 Å². The van der Waals surface area contributed by atoms with E-state index in [2.05, 4.69) is 41.7 Å². The van der Waals surface area contributed by atoms with Gasteiger partial charge < -0.3 is 19.7 Å². The van der Waals surface area contributed by atoms with Gasteiger partial charge in [0.05, 0.1) is 12.2 Å². The van der Waals surface area contributed by atoms with Crippen LogP contribution in [0.15, 0.2) is 46.7 Å². The number of aliphatic hydroxyl groups excluding tert-OH is 2. The summed E-state index contributed by atoms with van der Waals surface area (Å²) in [6.45, 7) is 5.76. The first kappa shape index (κ1) is 29.8. The zero-order chi connectivity index (χ0) is 28.7. The van der Waals surface area contributed by atoms with Gasteiger partial charge in [-0.25, -0.2) is 4.98 Å². The smallest absolute Gasteiger partial charge is 0.193 e. The molecule has 3 unspecified atom stereocenters. The Morgan fingerprint density at radius 1 is 1.27 bits per heavy atom. The molecule has 0 spiro atoms. The number of fused-ring (bicyclic) bond motifs is 2. The molecule has 2 heterocycles. The molecule has 218 valence electrons. The second-order valence-electron chi connectivity index (χ2n) is 12.6. The van der Waals surface area contributed by atoms with Gasteiger partial charge in [-0.15, -0.1) is 0 Å². The van der Waals surface area contributed by atoms with Crippen molar-refractivity contribution in [1.29, 1.82) is 0 Å². The Labute approximate surface area is 245 Å². The highest BCUT2D eigenvalue weighted by atomic mass is 79.9. The quantitative estimate of drug-likeness (QED) is 0.357. The van der Waals surface area contributed by atoms with Gasteiger partial charge in [0.2, 0.25) is 0 Å². The predicted molar refractivity (Wildman–Crippen MR) is 154 cm³/mol. The summed E-state index contributed by atoms with van der Waals surface area (Å²) in [7, 11) is 0. The molecule has 4 aliphatic rings. The summed E-state index contributed by atoms with van der Waals surface area (Å²) in [6, 6.07) is 3.68. The van der Waals surface area contributed by atoms with Crippen molar-refractivity contribution < 1.29 is 29.3 Å². The van der Waals surface area contributed by atoms with Crippen molar-refractivity contribution in [3.8, 4) is 0 Å². The largest absolute Gasteiger partial charge is 0.393 e. The molecule has 2 N–H and O–H groups in total. The molecule has 8 heteroatoms. The number of aliphatic hydroxyl groups is 2. The van der Waals surface area contributed by atoms with Crippen LogP contribution in [0, 0.1) is 22.7 Å². The molecule has 40 heavy (non-hydrogen) atoms. The summed E-state index contributed by atoms with van der Waals surface area (Å²) < 4.78 is 13.7. The number of hydrogen-bond donors (Lipinski definition) is 2. The van der Waals surface area contributed by atoms with Crippen LogP contribution in [0.25, 0.3) is 0 Å². The Balaban J connectivity index is 1.45. The van der Waals surface area contributed by atoms with E-state index in [1.165, 1.54) is 0 Å². The standard InChI is InChI=1S/C32H42BrNO6/c1-4-20-10-11-21-18-22(36)12-16-31(21,3)27(20)24(37)13-15-30(2)14-6-5-9-26-32(30,25(38)19-35)40-29(39-26)23-8-7-17-34-28(23)33/h7-8,12,16-18,20,24,26-27,29,35,37H,4-6,9-11,13-15,19H2,1-3H3/t20-,24?,26-,27-,29?,30-,31?,32-/m1/s1. The molecule has 0 radical (unpaired) electrons. The maximum absolute atomic E-state index is 13.7. The molecule has 5 rings (SSSR count). The summed E-state index contributed by atoms with van der Waals surface area (Å²) >= 11 is 3.49. The minimum Gasteiger partial charge on any atom is -0.393 e. The van der Waals surface area contributed by atoms with E-state index in [1.807, 2.05) is 18.2 Å². The van der Waals surface area contributed by atoms with E-state index < -0.39 is 36.1 Å². The van der Waals surface area contributed by atoms with Crippen LogP contribution >= 0.6 is 15.9 Å². The van der Waals surface area contributed by atoms with Crippen molar-refractivity contribution in [1.82, 2.24) is 4.98 Å². The predicted octanol–water partition coefficient (Wildman–Crippen LogP) is 5.79. The first-order chi connectivity index (χ1) is 19.1. The summed E-state index contributed by atoms with van der Waals surface area (Å²) in [4.78, 5) is 30.2. The van der Waals surface area contributed by atoms with E-state index in [4.69, 9.17) is 9.47 Å². The number of pyridine rings is 1. The lowest BCUT2D eigenvalue weighted by atomic mass is 9.55. The number of ketones is 2. The van der Waals surface area contributed by atoms with Crippen LogP contribution in [-0.4, -0.2) is 51.2 Å².